The van der Waals surface area contributed by atoms with Crippen LogP contribution in [0.5, 0.6) is 0 Å². The molecule has 1 aromatic heterocycles. The summed E-state index contributed by atoms with van der Waals surface area (Å²) in [5.41, 5.74) is 7.81. The third kappa shape index (κ3) is 6.17. The zero-order valence-electron chi connectivity index (χ0n) is 18.6. The first kappa shape index (κ1) is 24.4. The lowest BCUT2D eigenvalue weighted by Gasteiger charge is -2.29. The third-order valence-electron chi connectivity index (χ3n) is 5.59. The van der Waals surface area contributed by atoms with Gasteiger partial charge in [-0.3, -0.25) is 13.9 Å². The number of hydrogen-bond donors (Lipinski definition) is 3. The quantitative estimate of drug-likeness (QED) is 0.368. The number of ether oxygens (including phenoxy) is 3. The number of amides is 1. The molecule has 10 heteroatoms. The molecule has 4 N–H and O–H groups in total. The smallest absolute Gasteiger partial charge is 0.329 e. The molecule has 1 aliphatic heterocycles. The van der Waals surface area contributed by atoms with Gasteiger partial charge >= 0.3 is 5.69 Å². The summed E-state index contributed by atoms with van der Waals surface area (Å²) < 4.78 is 19.4. The van der Waals surface area contributed by atoms with E-state index in [2.05, 4.69) is 5.32 Å². The van der Waals surface area contributed by atoms with Crippen molar-refractivity contribution in [2.75, 3.05) is 46.2 Å². The fourth-order valence-electron chi connectivity index (χ4n) is 3.93. The minimum atomic E-state index is -1.07. The normalized spacial score (nSPS) is 18.9. The van der Waals surface area contributed by atoms with E-state index in [1.807, 2.05) is 18.2 Å². The van der Waals surface area contributed by atoms with Gasteiger partial charge in [-0.25, -0.2) is 4.79 Å². The van der Waals surface area contributed by atoms with E-state index in [9.17, 15) is 14.7 Å². The van der Waals surface area contributed by atoms with Gasteiger partial charge in [-0.2, -0.15) is 0 Å². The Balaban J connectivity index is 1.48. The Kier molecular flexibility index (Phi) is 9.24. The van der Waals surface area contributed by atoms with Gasteiger partial charge in [0.15, 0.2) is 0 Å². The van der Waals surface area contributed by atoms with Gasteiger partial charge in [0.2, 0.25) is 5.91 Å². The lowest BCUT2D eigenvalue weighted by atomic mass is 10.0. The zero-order valence-corrected chi connectivity index (χ0v) is 18.6. The van der Waals surface area contributed by atoms with Gasteiger partial charge in [0.1, 0.15) is 6.23 Å². The van der Waals surface area contributed by atoms with Gasteiger partial charge in [0, 0.05) is 26.6 Å². The summed E-state index contributed by atoms with van der Waals surface area (Å²) >= 11 is 0. The van der Waals surface area contributed by atoms with Crippen LogP contribution in [0.25, 0.3) is 11.0 Å². The maximum absolute atomic E-state index is 12.8. The summed E-state index contributed by atoms with van der Waals surface area (Å²) in [5.74, 6) is -0.199. The number of nitrogens with zero attached hydrogens (tertiary/aromatic N) is 2. The molecule has 0 saturated carbocycles. The van der Waals surface area contributed by atoms with Crippen molar-refractivity contribution in [2.24, 2.45) is 12.8 Å². The molecule has 1 aromatic carbocycles. The molecule has 0 bridgehead atoms. The van der Waals surface area contributed by atoms with Crippen molar-refractivity contribution in [2.45, 2.75) is 38.0 Å². The SMILES string of the molecule is Cn1c(=O)n(C2CCC(=O)NC2O)c2ccc(CCCOCCOCCOCCN)cc21. The third-order valence-corrected chi connectivity index (χ3v) is 5.59. The van der Waals surface area contributed by atoms with Crippen molar-refractivity contribution < 1.29 is 24.1 Å². The predicted octanol–water partition coefficient (Wildman–Crippen LogP) is 0.0506. The average Bonchev–Trinajstić information content (AvgIpc) is 3.02. The molecule has 2 unspecified atom stereocenters. The molecular weight excluding hydrogens is 416 g/mol. The largest absolute Gasteiger partial charge is 0.379 e. The number of hydrogen-bond acceptors (Lipinski definition) is 7. The van der Waals surface area contributed by atoms with Crippen LogP contribution in [0.15, 0.2) is 23.0 Å². The molecule has 1 saturated heterocycles. The minimum Gasteiger partial charge on any atom is -0.379 e. The van der Waals surface area contributed by atoms with Gasteiger partial charge in [-0.15, -0.1) is 0 Å². The Hall–Kier alpha value is -2.24. The molecule has 2 atom stereocenters. The predicted molar refractivity (Wildman–Crippen MR) is 119 cm³/mol. The second-order valence-electron chi connectivity index (χ2n) is 7.88. The van der Waals surface area contributed by atoms with Crippen LogP contribution in [-0.4, -0.2) is 72.6 Å². The maximum Gasteiger partial charge on any atom is 0.329 e. The van der Waals surface area contributed by atoms with Crippen molar-refractivity contribution in [3.8, 4) is 0 Å². The Morgan fingerprint density at radius 2 is 1.75 bits per heavy atom. The van der Waals surface area contributed by atoms with E-state index >= 15 is 0 Å². The molecule has 1 aliphatic rings. The molecule has 1 amide bonds. The number of carbonyl (C=O) groups is 1. The van der Waals surface area contributed by atoms with Crippen LogP contribution in [0.4, 0.5) is 0 Å². The summed E-state index contributed by atoms with van der Waals surface area (Å²) in [6.07, 6.45) is 1.32. The van der Waals surface area contributed by atoms with Gasteiger partial charge in [-0.05, 0) is 37.0 Å². The molecular formula is C22H34N4O6. The molecule has 2 heterocycles. The van der Waals surface area contributed by atoms with Crippen LogP contribution in [-0.2, 0) is 32.5 Å². The van der Waals surface area contributed by atoms with Crippen molar-refractivity contribution >= 4 is 16.9 Å². The number of rotatable bonds is 13. The first-order chi connectivity index (χ1) is 15.5. The zero-order chi connectivity index (χ0) is 22.9. The first-order valence-electron chi connectivity index (χ1n) is 11.1. The monoisotopic (exact) mass is 450 g/mol. The second-order valence-corrected chi connectivity index (χ2v) is 7.88. The average molecular weight is 451 g/mol. The summed E-state index contributed by atoms with van der Waals surface area (Å²) in [7, 11) is 1.73. The molecule has 2 aromatic rings. The summed E-state index contributed by atoms with van der Waals surface area (Å²) in [5, 5.41) is 12.8. The Bertz CT molecular complexity index is 940. The van der Waals surface area contributed by atoms with Crippen molar-refractivity contribution in [3.05, 3.63) is 34.2 Å². The molecule has 178 valence electrons. The van der Waals surface area contributed by atoms with E-state index in [0.29, 0.717) is 52.6 Å². The van der Waals surface area contributed by atoms with Crippen LogP contribution in [0, 0.1) is 0 Å². The van der Waals surface area contributed by atoms with E-state index in [1.54, 1.807) is 16.2 Å². The van der Waals surface area contributed by atoms with Gasteiger partial charge in [0.25, 0.3) is 0 Å². The number of aromatic nitrogens is 2. The Labute approximate surface area is 187 Å². The highest BCUT2D eigenvalue weighted by molar-refractivity contribution is 5.79. The standard InChI is InChI=1S/C22H34N4O6/c1-25-19-15-16(3-2-9-30-11-13-32-14-12-31-10-8-23)4-5-17(19)26(22(25)29)18-6-7-20(27)24-21(18)28/h4-5,15,18,21,28H,2-3,6-14,23H2,1H3,(H,24,27). The molecule has 0 aliphatic carbocycles. The van der Waals surface area contributed by atoms with Crippen LogP contribution in [0.1, 0.15) is 30.9 Å². The summed E-state index contributed by atoms with van der Waals surface area (Å²) in [6, 6.07) is 5.44. The van der Waals surface area contributed by atoms with Gasteiger partial charge in [0.05, 0.1) is 50.1 Å². The topological polar surface area (TPSA) is 130 Å². The van der Waals surface area contributed by atoms with Crippen LogP contribution < -0.4 is 16.7 Å². The highest BCUT2D eigenvalue weighted by Gasteiger charge is 2.31. The van der Waals surface area contributed by atoms with Crippen molar-refractivity contribution in [1.29, 1.82) is 0 Å². The Morgan fingerprint density at radius 1 is 1.06 bits per heavy atom. The first-order valence-corrected chi connectivity index (χ1v) is 11.1. The summed E-state index contributed by atoms with van der Waals surface area (Å²) in [4.78, 5) is 24.3. The number of carbonyl (C=O) groups excluding carboxylic acids is 1. The fraction of sp³-hybridized carbons (Fsp3) is 0.636. The molecule has 32 heavy (non-hydrogen) atoms. The summed E-state index contributed by atoms with van der Waals surface area (Å²) in [6.45, 7) is 3.82. The number of piperidine rings is 1. The van der Waals surface area contributed by atoms with Crippen molar-refractivity contribution in [3.63, 3.8) is 0 Å². The van der Waals surface area contributed by atoms with E-state index in [0.717, 1.165) is 29.4 Å². The lowest BCUT2D eigenvalue weighted by Crippen LogP contribution is -2.47. The number of nitrogens with one attached hydrogen (secondary N) is 1. The molecule has 0 radical (unpaired) electrons. The second kappa shape index (κ2) is 12.1. The number of aryl methyl sites for hydroxylation is 2. The van der Waals surface area contributed by atoms with Crippen LogP contribution >= 0.6 is 0 Å². The van der Waals surface area contributed by atoms with Crippen LogP contribution in [0.2, 0.25) is 0 Å². The number of imidazole rings is 1. The highest BCUT2D eigenvalue weighted by Crippen LogP contribution is 2.25. The van der Waals surface area contributed by atoms with Crippen molar-refractivity contribution in [1.82, 2.24) is 14.5 Å². The molecule has 3 rings (SSSR count). The number of benzene rings is 1. The van der Waals surface area contributed by atoms with Gasteiger partial charge < -0.3 is 30.4 Å². The minimum absolute atomic E-state index is 0.199. The van der Waals surface area contributed by atoms with E-state index in [4.69, 9.17) is 19.9 Å². The van der Waals surface area contributed by atoms with E-state index < -0.39 is 12.3 Å². The number of aliphatic hydroxyl groups excluding tert-OH is 1. The fourth-order valence-corrected chi connectivity index (χ4v) is 3.93. The van der Waals surface area contributed by atoms with Crippen LogP contribution in [0.3, 0.4) is 0 Å². The molecule has 0 spiro atoms. The number of nitrogens with two attached hydrogens (primary N) is 1. The van der Waals surface area contributed by atoms with Gasteiger partial charge in [-0.1, -0.05) is 6.07 Å². The highest BCUT2D eigenvalue weighted by atomic mass is 16.5. The Morgan fingerprint density at radius 3 is 2.44 bits per heavy atom. The molecule has 1 fully saturated rings. The maximum atomic E-state index is 12.8. The molecule has 10 nitrogen and oxygen atoms in total. The number of aliphatic hydroxyl groups is 1. The lowest BCUT2D eigenvalue weighted by molar-refractivity contribution is -0.128. The van der Waals surface area contributed by atoms with E-state index in [-0.39, 0.29) is 18.0 Å². The van der Waals surface area contributed by atoms with E-state index in [1.165, 1.54) is 0 Å². The number of fused-ring (bicyclic) bond motifs is 1.